The molecule has 1 atom stereocenters. The van der Waals surface area contributed by atoms with E-state index in [0.717, 1.165) is 4.90 Å². The van der Waals surface area contributed by atoms with E-state index < -0.39 is 17.9 Å². The highest BCUT2D eigenvalue weighted by molar-refractivity contribution is 6.13. The van der Waals surface area contributed by atoms with Crippen LogP contribution in [0.1, 0.15) is 22.6 Å². The highest BCUT2D eigenvalue weighted by Gasteiger charge is 2.23. The number of hydrogen-bond donors (Lipinski definition) is 2. The molecule has 0 aliphatic carbocycles. The van der Waals surface area contributed by atoms with Gasteiger partial charge in [-0.15, -0.1) is 0 Å². The van der Waals surface area contributed by atoms with Crippen molar-refractivity contribution in [3.05, 3.63) is 12.2 Å². The van der Waals surface area contributed by atoms with Crippen LogP contribution >= 0.6 is 0 Å². The summed E-state index contributed by atoms with van der Waals surface area (Å²) in [7, 11) is 0. The number of aldehydes is 1. The first-order valence-electron chi connectivity index (χ1n) is 8.68. The second-order valence-electron chi connectivity index (χ2n) is 5.64. The Hall–Kier alpha value is -2.59. The summed E-state index contributed by atoms with van der Waals surface area (Å²) in [5.41, 5.74) is 0. The van der Waals surface area contributed by atoms with Gasteiger partial charge in [-0.3, -0.25) is 24.1 Å². The molecule has 0 bridgehead atoms. The number of ether oxygens (including phenoxy) is 2. The second-order valence-corrected chi connectivity index (χ2v) is 5.64. The van der Waals surface area contributed by atoms with Crippen LogP contribution in [0, 0.1) is 0 Å². The van der Waals surface area contributed by atoms with Gasteiger partial charge in [-0.1, -0.05) is 6.92 Å². The Kier molecular flexibility index (Phi) is 10.6. The molecule has 0 fully saturated rings. The molecule has 154 valence electrons. The molecule has 0 radical (unpaired) electrons. The zero-order valence-electron chi connectivity index (χ0n) is 15.3. The van der Waals surface area contributed by atoms with E-state index in [0.29, 0.717) is 12.7 Å². The molecule has 4 amide bonds. The molecule has 0 saturated carbocycles. The molecular formula is C17H29N3O7. The van der Waals surface area contributed by atoms with Gasteiger partial charge < -0.3 is 24.9 Å². The van der Waals surface area contributed by atoms with Crippen molar-refractivity contribution in [3.63, 3.8) is 0 Å². The number of imide groups is 1. The standard InChI is InChI=1S/C17H25N3O7.2H2/c1-2-13(11-21)19-15(23)12-27-10-9-26-8-6-18-14(22)5-7-20-16(24)3-4-17(20)25;;/h3-4,11,13H,2,5-10,12H2,1H3,(H,18,22)(H,19,23);2*1H/t13-;;/m0../s1. The van der Waals surface area contributed by atoms with Crippen molar-refractivity contribution in [2.75, 3.05) is 39.5 Å². The van der Waals surface area contributed by atoms with Crippen molar-refractivity contribution >= 4 is 29.9 Å². The molecule has 1 heterocycles. The van der Waals surface area contributed by atoms with Gasteiger partial charge in [0, 0.05) is 34.5 Å². The number of hydrogen-bond acceptors (Lipinski definition) is 7. The van der Waals surface area contributed by atoms with Gasteiger partial charge in [0.1, 0.15) is 12.9 Å². The van der Waals surface area contributed by atoms with Crippen molar-refractivity contribution in [2.24, 2.45) is 0 Å². The normalized spacial score (nSPS) is 14.3. The predicted octanol–water partition coefficient (Wildman–Crippen LogP) is -0.963. The molecule has 0 aromatic heterocycles. The van der Waals surface area contributed by atoms with Crippen molar-refractivity contribution in [1.82, 2.24) is 15.5 Å². The van der Waals surface area contributed by atoms with Crippen molar-refractivity contribution in [3.8, 4) is 0 Å². The molecule has 10 nitrogen and oxygen atoms in total. The maximum atomic E-state index is 11.6. The van der Waals surface area contributed by atoms with Crippen LogP contribution in [-0.2, 0) is 33.4 Å². The second kappa shape index (κ2) is 12.7. The molecule has 1 aliphatic heterocycles. The number of carbonyl (C=O) groups is 5. The zero-order chi connectivity index (χ0) is 20.1. The fraction of sp³-hybridized carbons (Fsp3) is 0.588. The van der Waals surface area contributed by atoms with Crippen LogP contribution < -0.4 is 10.6 Å². The van der Waals surface area contributed by atoms with Crippen LogP contribution in [0.5, 0.6) is 0 Å². The lowest BCUT2D eigenvalue weighted by Crippen LogP contribution is -2.38. The maximum absolute atomic E-state index is 11.6. The lowest BCUT2D eigenvalue weighted by Gasteiger charge is -2.13. The van der Waals surface area contributed by atoms with Crippen molar-refractivity contribution < 1.29 is 36.3 Å². The SMILES string of the molecule is CC[C@@H](C=O)NC(=O)COCCOCCNC(=O)CCN1C(=O)C=CC1=O.[HH].[HH]. The largest absolute Gasteiger partial charge is 0.377 e. The fourth-order valence-corrected chi connectivity index (χ4v) is 2.08. The molecule has 0 saturated heterocycles. The van der Waals surface area contributed by atoms with Crippen molar-refractivity contribution in [1.29, 1.82) is 0 Å². The van der Waals surface area contributed by atoms with E-state index in [1.807, 2.05) is 0 Å². The first kappa shape index (κ1) is 22.5. The highest BCUT2D eigenvalue weighted by Crippen LogP contribution is 2.03. The van der Waals surface area contributed by atoms with Crippen LogP contribution in [0.3, 0.4) is 0 Å². The third kappa shape index (κ3) is 9.06. The van der Waals surface area contributed by atoms with Crippen LogP contribution in [0.4, 0.5) is 0 Å². The van der Waals surface area contributed by atoms with Gasteiger partial charge in [-0.2, -0.15) is 0 Å². The summed E-state index contributed by atoms with van der Waals surface area (Å²) in [5, 5.41) is 5.12. The fourth-order valence-electron chi connectivity index (χ4n) is 2.08. The van der Waals surface area contributed by atoms with Gasteiger partial charge in [0.25, 0.3) is 11.8 Å². The lowest BCUT2D eigenvalue weighted by molar-refractivity contribution is -0.137. The molecule has 0 spiro atoms. The smallest absolute Gasteiger partial charge is 0.253 e. The molecule has 0 aromatic carbocycles. The number of amides is 4. The quantitative estimate of drug-likeness (QED) is 0.223. The third-order valence-corrected chi connectivity index (χ3v) is 3.59. The first-order valence-corrected chi connectivity index (χ1v) is 8.68. The van der Waals surface area contributed by atoms with E-state index >= 15 is 0 Å². The monoisotopic (exact) mass is 387 g/mol. The van der Waals surface area contributed by atoms with E-state index in [4.69, 9.17) is 9.47 Å². The summed E-state index contributed by atoms with van der Waals surface area (Å²) in [6, 6.07) is -0.501. The maximum Gasteiger partial charge on any atom is 0.253 e. The van der Waals surface area contributed by atoms with Crippen LogP contribution in [0.2, 0.25) is 0 Å². The average Bonchev–Trinajstić information content (AvgIpc) is 2.97. The van der Waals surface area contributed by atoms with Gasteiger partial charge in [-0.05, 0) is 6.42 Å². The number of nitrogens with one attached hydrogen (secondary N) is 2. The van der Waals surface area contributed by atoms with Gasteiger partial charge >= 0.3 is 0 Å². The van der Waals surface area contributed by atoms with Gasteiger partial charge in [0.2, 0.25) is 11.8 Å². The summed E-state index contributed by atoms with van der Waals surface area (Å²) in [6.07, 6.45) is 3.56. The topological polar surface area (TPSA) is 131 Å². The summed E-state index contributed by atoms with van der Waals surface area (Å²) < 4.78 is 10.4. The van der Waals surface area contributed by atoms with Gasteiger partial charge in [-0.25, -0.2) is 0 Å². The van der Waals surface area contributed by atoms with E-state index in [1.165, 1.54) is 12.2 Å². The molecule has 1 aliphatic rings. The van der Waals surface area contributed by atoms with Gasteiger partial charge in [0.15, 0.2) is 0 Å². The predicted molar refractivity (Wildman–Crippen MR) is 97.6 cm³/mol. The first-order chi connectivity index (χ1) is 13.0. The minimum atomic E-state index is -0.501. The Labute approximate surface area is 160 Å². The zero-order valence-corrected chi connectivity index (χ0v) is 15.3. The third-order valence-electron chi connectivity index (χ3n) is 3.59. The van der Waals surface area contributed by atoms with Crippen LogP contribution in [0.15, 0.2) is 12.2 Å². The minimum Gasteiger partial charge on any atom is -0.377 e. The Morgan fingerprint density at radius 3 is 2.44 bits per heavy atom. The number of carbonyl (C=O) groups excluding carboxylic acids is 5. The van der Waals surface area contributed by atoms with Gasteiger partial charge in [0.05, 0.1) is 25.9 Å². The van der Waals surface area contributed by atoms with E-state index in [2.05, 4.69) is 10.6 Å². The lowest BCUT2D eigenvalue weighted by atomic mass is 10.2. The van der Waals surface area contributed by atoms with E-state index in [-0.39, 0.29) is 60.6 Å². The highest BCUT2D eigenvalue weighted by atomic mass is 16.5. The number of rotatable bonds is 14. The Morgan fingerprint density at radius 1 is 1.15 bits per heavy atom. The summed E-state index contributed by atoms with van der Waals surface area (Å²) >= 11 is 0. The Morgan fingerprint density at radius 2 is 1.81 bits per heavy atom. The van der Waals surface area contributed by atoms with Crippen LogP contribution in [-0.4, -0.2) is 80.4 Å². The van der Waals surface area contributed by atoms with E-state index in [1.54, 1.807) is 6.92 Å². The molecule has 2 N–H and O–H groups in total. The minimum absolute atomic E-state index is 0. The van der Waals surface area contributed by atoms with E-state index in [9.17, 15) is 24.0 Å². The van der Waals surface area contributed by atoms with Crippen LogP contribution in [0.25, 0.3) is 0 Å². The molecule has 0 aromatic rings. The molecule has 10 heteroatoms. The Bertz CT molecular complexity index is 569. The molecule has 27 heavy (non-hydrogen) atoms. The average molecular weight is 387 g/mol. The molecular weight excluding hydrogens is 358 g/mol. The van der Waals surface area contributed by atoms with Crippen molar-refractivity contribution in [2.45, 2.75) is 25.8 Å². The number of nitrogens with zero attached hydrogens (tertiary/aromatic N) is 1. The summed E-state index contributed by atoms with van der Waals surface area (Å²) in [4.78, 5) is 57.3. The Balaban J connectivity index is 0. The summed E-state index contributed by atoms with van der Waals surface area (Å²) in [5.74, 6) is -1.49. The molecule has 1 rings (SSSR count). The molecule has 0 unspecified atom stereocenters. The summed E-state index contributed by atoms with van der Waals surface area (Å²) in [6.45, 7) is 2.64.